The average Bonchev–Trinajstić information content (AvgIpc) is 3.07. The molecule has 24 heavy (non-hydrogen) atoms. The highest BCUT2D eigenvalue weighted by molar-refractivity contribution is 5.93. The monoisotopic (exact) mass is 328 g/mol. The minimum atomic E-state index is 0.0113. The standard InChI is InChI=1S/C17H24N6O/c1-4-13-8-18-17(19-9-13)23-7-5-6-15(12-23)22(3)16(24)14-10-20-21(2)11-14/h8-11,15H,4-7,12H2,1-3H3. The molecule has 3 rings (SSSR count). The van der Waals surface area contributed by atoms with E-state index in [2.05, 4.69) is 26.9 Å². The van der Waals surface area contributed by atoms with Gasteiger partial charge in [0.1, 0.15) is 0 Å². The lowest BCUT2D eigenvalue weighted by Gasteiger charge is -2.37. The molecule has 2 aromatic heterocycles. The third-order valence-corrected chi connectivity index (χ3v) is 4.60. The third kappa shape index (κ3) is 3.39. The predicted octanol–water partition coefficient (Wildman–Crippen LogP) is 1.51. The molecule has 2 aromatic rings. The maximum atomic E-state index is 12.6. The molecule has 7 nitrogen and oxygen atoms in total. The molecule has 1 saturated heterocycles. The number of nitrogens with zero attached hydrogens (tertiary/aromatic N) is 6. The predicted molar refractivity (Wildman–Crippen MR) is 91.9 cm³/mol. The lowest BCUT2D eigenvalue weighted by atomic mass is 10.0. The minimum absolute atomic E-state index is 0.0113. The van der Waals surface area contributed by atoms with Crippen LogP contribution in [0, 0.1) is 0 Å². The van der Waals surface area contributed by atoms with Crippen LogP contribution in [0.4, 0.5) is 5.95 Å². The summed E-state index contributed by atoms with van der Waals surface area (Å²) in [5, 5.41) is 4.08. The number of anilines is 1. The largest absolute Gasteiger partial charge is 0.339 e. The Morgan fingerprint density at radius 3 is 2.71 bits per heavy atom. The SMILES string of the molecule is CCc1cnc(N2CCCC(N(C)C(=O)c3cnn(C)c3)C2)nc1. The van der Waals surface area contributed by atoms with Crippen molar-refractivity contribution in [3.05, 3.63) is 35.9 Å². The third-order valence-electron chi connectivity index (χ3n) is 4.60. The van der Waals surface area contributed by atoms with Gasteiger partial charge in [-0.1, -0.05) is 6.92 Å². The molecule has 3 heterocycles. The minimum Gasteiger partial charge on any atom is -0.339 e. The van der Waals surface area contributed by atoms with Crippen molar-refractivity contribution in [2.24, 2.45) is 7.05 Å². The van der Waals surface area contributed by atoms with Crippen molar-refractivity contribution in [3.63, 3.8) is 0 Å². The van der Waals surface area contributed by atoms with Crippen LogP contribution in [0.5, 0.6) is 0 Å². The highest BCUT2D eigenvalue weighted by Crippen LogP contribution is 2.20. The van der Waals surface area contributed by atoms with Gasteiger partial charge in [0.25, 0.3) is 5.91 Å². The van der Waals surface area contributed by atoms with E-state index in [1.807, 2.05) is 31.4 Å². The van der Waals surface area contributed by atoms with Gasteiger partial charge in [0, 0.05) is 51.8 Å². The molecule has 1 atom stereocenters. The summed E-state index contributed by atoms with van der Waals surface area (Å²) in [7, 11) is 3.68. The maximum Gasteiger partial charge on any atom is 0.257 e. The number of aromatic nitrogens is 4. The first kappa shape index (κ1) is 16.4. The van der Waals surface area contributed by atoms with Crippen LogP contribution < -0.4 is 4.90 Å². The first-order valence-electron chi connectivity index (χ1n) is 8.40. The Bertz CT molecular complexity index is 695. The topological polar surface area (TPSA) is 67.2 Å². The highest BCUT2D eigenvalue weighted by atomic mass is 16.2. The summed E-state index contributed by atoms with van der Waals surface area (Å²) < 4.78 is 1.65. The fourth-order valence-corrected chi connectivity index (χ4v) is 3.05. The number of carbonyl (C=O) groups is 1. The normalized spacial score (nSPS) is 17.8. The van der Waals surface area contributed by atoms with Crippen molar-refractivity contribution >= 4 is 11.9 Å². The summed E-state index contributed by atoms with van der Waals surface area (Å²) >= 11 is 0. The van der Waals surface area contributed by atoms with Gasteiger partial charge in [-0.3, -0.25) is 9.48 Å². The number of hydrogen-bond acceptors (Lipinski definition) is 5. The molecule has 1 amide bonds. The molecular formula is C17H24N6O. The first-order chi connectivity index (χ1) is 11.6. The zero-order chi connectivity index (χ0) is 17.1. The van der Waals surface area contributed by atoms with E-state index >= 15 is 0 Å². The molecule has 1 fully saturated rings. The number of rotatable bonds is 4. The maximum absolute atomic E-state index is 12.6. The Balaban J connectivity index is 1.69. The van der Waals surface area contributed by atoms with Crippen LogP contribution in [0.3, 0.4) is 0 Å². The molecule has 1 aliphatic rings. The van der Waals surface area contributed by atoms with Crippen molar-refractivity contribution in [3.8, 4) is 0 Å². The number of carbonyl (C=O) groups excluding carboxylic acids is 1. The van der Waals surface area contributed by atoms with Crippen molar-refractivity contribution in [2.75, 3.05) is 25.0 Å². The van der Waals surface area contributed by atoms with E-state index in [9.17, 15) is 4.79 Å². The van der Waals surface area contributed by atoms with E-state index in [0.717, 1.165) is 43.9 Å². The molecule has 0 bridgehead atoms. The molecule has 0 aromatic carbocycles. The van der Waals surface area contributed by atoms with E-state index in [4.69, 9.17) is 0 Å². The second-order valence-corrected chi connectivity index (χ2v) is 6.31. The van der Waals surface area contributed by atoms with Crippen LogP contribution in [0.25, 0.3) is 0 Å². The van der Waals surface area contributed by atoms with Crippen molar-refractivity contribution in [1.29, 1.82) is 0 Å². The van der Waals surface area contributed by atoms with Crippen LogP contribution in [0.1, 0.15) is 35.7 Å². The van der Waals surface area contributed by atoms with Gasteiger partial charge >= 0.3 is 0 Å². The van der Waals surface area contributed by atoms with E-state index in [-0.39, 0.29) is 11.9 Å². The van der Waals surface area contributed by atoms with E-state index in [1.54, 1.807) is 17.1 Å². The highest BCUT2D eigenvalue weighted by Gasteiger charge is 2.28. The molecule has 1 aliphatic heterocycles. The van der Waals surface area contributed by atoms with Crippen LogP contribution >= 0.6 is 0 Å². The first-order valence-corrected chi connectivity index (χ1v) is 8.40. The van der Waals surface area contributed by atoms with Gasteiger partial charge in [-0.15, -0.1) is 0 Å². The number of hydrogen-bond donors (Lipinski definition) is 0. The summed E-state index contributed by atoms with van der Waals surface area (Å²) in [5.41, 5.74) is 1.76. The molecule has 0 N–H and O–H groups in total. The zero-order valence-electron chi connectivity index (χ0n) is 14.5. The Morgan fingerprint density at radius 2 is 2.08 bits per heavy atom. The Labute approximate surface area is 142 Å². The summed E-state index contributed by atoms with van der Waals surface area (Å²) in [4.78, 5) is 25.5. The van der Waals surface area contributed by atoms with Crippen molar-refractivity contribution < 1.29 is 4.79 Å². The molecular weight excluding hydrogens is 304 g/mol. The van der Waals surface area contributed by atoms with E-state index in [0.29, 0.717) is 5.56 Å². The zero-order valence-corrected chi connectivity index (χ0v) is 14.5. The molecule has 7 heteroatoms. The number of piperidine rings is 1. The van der Waals surface area contributed by atoms with E-state index < -0.39 is 0 Å². The van der Waals surface area contributed by atoms with Crippen LogP contribution in [0.15, 0.2) is 24.8 Å². The fraction of sp³-hybridized carbons (Fsp3) is 0.529. The van der Waals surface area contributed by atoms with Gasteiger partial charge in [-0.2, -0.15) is 5.10 Å². The lowest BCUT2D eigenvalue weighted by Crippen LogP contribution is -2.49. The quantitative estimate of drug-likeness (QED) is 0.851. The van der Waals surface area contributed by atoms with Crippen LogP contribution in [-0.4, -0.2) is 56.7 Å². The Hall–Kier alpha value is -2.44. The number of amides is 1. The Morgan fingerprint density at radius 1 is 1.33 bits per heavy atom. The summed E-state index contributed by atoms with van der Waals surface area (Å²) in [5.74, 6) is 0.760. The molecule has 128 valence electrons. The van der Waals surface area contributed by atoms with Gasteiger partial charge < -0.3 is 9.80 Å². The van der Waals surface area contributed by atoms with Crippen LogP contribution in [0.2, 0.25) is 0 Å². The van der Waals surface area contributed by atoms with Crippen molar-refractivity contribution in [2.45, 2.75) is 32.2 Å². The lowest BCUT2D eigenvalue weighted by molar-refractivity contribution is 0.0717. The average molecular weight is 328 g/mol. The van der Waals surface area contributed by atoms with Gasteiger partial charge in [-0.25, -0.2) is 9.97 Å². The van der Waals surface area contributed by atoms with Gasteiger partial charge in [-0.05, 0) is 24.8 Å². The van der Waals surface area contributed by atoms with Gasteiger partial charge in [0.2, 0.25) is 5.95 Å². The molecule has 1 unspecified atom stereocenters. The second kappa shape index (κ2) is 6.98. The summed E-state index contributed by atoms with van der Waals surface area (Å²) in [6.45, 7) is 3.78. The summed E-state index contributed by atoms with van der Waals surface area (Å²) in [6.07, 6.45) is 10.1. The summed E-state index contributed by atoms with van der Waals surface area (Å²) in [6, 6.07) is 0.154. The van der Waals surface area contributed by atoms with Crippen molar-refractivity contribution in [1.82, 2.24) is 24.6 Å². The van der Waals surface area contributed by atoms with E-state index in [1.165, 1.54) is 0 Å². The second-order valence-electron chi connectivity index (χ2n) is 6.31. The van der Waals surface area contributed by atoms with Gasteiger partial charge in [0.05, 0.1) is 11.8 Å². The fourth-order valence-electron chi connectivity index (χ4n) is 3.05. The smallest absolute Gasteiger partial charge is 0.257 e. The molecule has 0 spiro atoms. The molecule has 0 radical (unpaired) electrons. The van der Waals surface area contributed by atoms with Crippen LogP contribution in [-0.2, 0) is 13.5 Å². The molecule has 0 saturated carbocycles. The molecule has 0 aliphatic carbocycles. The number of likely N-dealkylation sites (N-methyl/N-ethyl adjacent to an activating group) is 1. The van der Waals surface area contributed by atoms with Gasteiger partial charge in [0.15, 0.2) is 0 Å². The Kier molecular flexibility index (Phi) is 4.78. The number of aryl methyl sites for hydroxylation is 2.